The normalized spacial score (nSPS) is 32.9. The first-order valence-corrected chi connectivity index (χ1v) is 8.42. The summed E-state index contributed by atoms with van der Waals surface area (Å²) in [6, 6.07) is 7.62. The highest BCUT2D eigenvalue weighted by Crippen LogP contribution is 2.45. The van der Waals surface area contributed by atoms with Crippen molar-refractivity contribution < 1.29 is 14.3 Å². The van der Waals surface area contributed by atoms with E-state index in [1.165, 1.54) is 4.90 Å². The van der Waals surface area contributed by atoms with Crippen molar-refractivity contribution in [2.45, 2.75) is 38.2 Å². The van der Waals surface area contributed by atoms with E-state index in [1.54, 1.807) is 0 Å². The summed E-state index contributed by atoms with van der Waals surface area (Å²) in [5.74, 6) is 0.208. The predicted molar refractivity (Wildman–Crippen MR) is 86.4 cm³/mol. The number of benzene rings is 1. The molecule has 1 unspecified atom stereocenters. The third-order valence-corrected chi connectivity index (χ3v) is 5.52. The molecule has 122 valence electrons. The Kier molecular flexibility index (Phi) is 3.23. The Morgan fingerprint density at radius 3 is 2.48 bits per heavy atom. The van der Waals surface area contributed by atoms with E-state index in [1.807, 2.05) is 24.3 Å². The maximum Gasteiger partial charge on any atom is 0.422 e. The fraction of sp³-hybridized carbons (Fsp3) is 0.556. The quantitative estimate of drug-likeness (QED) is 0.842. The molecule has 0 aromatic heterocycles. The highest BCUT2D eigenvalue weighted by Gasteiger charge is 2.62. The van der Waals surface area contributed by atoms with E-state index in [0.717, 1.165) is 31.5 Å². The van der Waals surface area contributed by atoms with E-state index in [4.69, 9.17) is 4.74 Å². The molecule has 4 aliphatic rings. The van der Waals surface area contributed by atoms with Gasteiger partial charge in [0.25, 0.3) is 5.91 Å². The third-order valence-electron chi connectivity index (χ3n) is 5.52. The largest absolute Gasteiger partial charge is 0.430 e. The molecule has 1 aromatic rings. The molecule has 4 aliphatic heterocycles. The van der Waals surface area contributed by atoms with Crippen LogP contribution in [0.3, 0.4) is 0 Å². The Bertz CT molecular complexity index is 664. The summed E-state index contributed by atoms with van der Waals surface area (Å²) in [6.45, 7) is 6.67. The van der Waals surface area contributed by atoms with Crippen molar-refractivity contribution in [3.05, 3.63) is 29.8 Å². The monoisotopic (exact) mass is 314 g/mol. The molecule has 1 spiro atoms. The van der Waals surface area contributed by atoms with Gasteiger partial charge in [0.2, 0.25) is 5.60 Å². The van der Waals surface area contributed by atoms with Crippen molar-refractivity contribution in [1.29, 1.82) is 0 Å². The lowest BCUT2D eigenvalue weighted by Crippen LogP contribution is -2.63. The van der Waals surface area contributed by atoms with E-state index in [9.17, 15) is 9.59 Å². The number of amides is 2. The zero-order valence-electron chi connectivity index (χ0n) is 13.6. The van der Waals surface area contributed by atoms with Crippen LogP contribution >= 0.6 is 0 Å². The zero-order valence-corrected chi connectivity index (χ0v) is 13.6. The minimum absolute atomic E-state index is 0.153. The molecular weight excluding hydrogens is 292 g/mol. The lowest BCUT2D eigenvalue weighted by molar-refractivity contribution is -0.148. The Balaban J connectivity index is 1.75. The van der Waals surface area contributed by atoms with E-state index in [-0.39, 0.29) is 17.7 Å². The Morgan fingerprint density at radius 2 is 1.87 bits per heavy atom. The molecule has 5 heteroatoms. The Labute approximate surface area is 136 Å². The maximum absolute atomic E-state index is 13.2. The van der Waals surface area contributed by atoms with Crippen LogP contribution in [0, 0.1) is 5.92 Å². The second kappa shape index (κ2) is 5.06. The van der Waals surface area contributed by atoms with Gasteiger partial charge in [0.05, 0.1) is 5.69 Å². The fourth-order valence-corrected chi connectivity index (χ4v) is 4.28. The van der Waals surface area contributed by atoms with Crippen LogP contribution < -0.4 is 4.90 Å². The van der Waals surface area contributed by atoms with Gasteiger partial charge in [-0.1, -0.05) is 32.0 Å². The number of para-hydroxylation sites is 1. The molecule has 4 fully saturated rings. The van der Waals surface area contributed by atoms with Gasteiger partial charge < -0.3 is 4.74 Å². The third kappa shape index (κ3) is 2.02. The van der Waals surface area contributed by atoms with Crippen LogP contribution in [0.1, 0.15) is 38.2 Å². The molecule has 4 saturated heterocycles. The number of anilines is 1. The summed E-state index contributed by atoms with van der Waals surface area (Å²) in [6.07, 6.45) is 1.34. The number of carbonyl (C=O) groups excluding carboxylic acids is 2. The van der Waals surface area contributed by atoms with Gasteiger partial charge in [0, 0.05) is 12.5 Å². The van der Waals surface area contributed by atoms with Crippen molar-refractivity contribution in [2.24, 2.45) is 5.92 Å². The number of carbonyl (C=O) groups is 2. The molecule has 0 radical (unpaired) electrons. The minimum atomic E-state index is -0.961. The zero-order chi connectivity index (χ0) is 16.2. The summed E-state index contributed by atoms with van der Waals surface area (Å²) < 4.78 is 5.73. The topological polar surface area (TPSA) is 49.9 Å². The van der Waals surface area contributed by atoms with Gasteiger partial charge in [-0.3, -0.25) is 9.69 Å². The highest BCUT2D eigenvalue weighted by molar-refractivity contribution is 6.20. The summed E-state index contributed by atoms with van der Waals surface area (Å²) >= 11 is 0. The van der Waals surface area contributed by atoms with Crippen LogP contribution in [-0.4, -0.2) is 42.1 Å². The summed E-state index contributed by atoms with van der Waals surface area (Å²) in [5, 5.41) is 0. The molecule has 1 atom stereocenters. The van der Waals surface area contributed by atoms with E-state index < -0.39 is 11.7 Å². The predicted octanol–water partition coefficient (Wildman–Crippen LogP) is 2.76. The molecule has 1 aromatic carbocycles. The van der Waals surface area contributed by atoms with Crippen molar-refractivity contribution in [1.82, 2.24) is 4.90 Å². The van der Waals surface area contributed by atoms with Crippen LogP contribution in [0.15, 0.2) is 24.3 Å². The first kappa shape index (κ1) is 14.7. The van der Waals surface area contributed by atoms with Crippen LogP contribution in [0.2, 0.25) is 0 Å². The number of hydrogen-bond acceptors (Lipinski definition) is 4. The average molecular weight is 314 g/mol. The molecule has 5 rings (SSSR count). The molecule has 0 saturated carbocycles. The number of rotatable bonds is 2. The molecule has 4 heterocycles. The van der Waals surface area contributed by atoms with Gasteiger partial charge in [-0.15, -0.1) is 0 Å². The van der Waals surface area contributed by atoms with Crippen molar-refractivity contribution in [3.8, 4) is 0 Å². The molecular formula is C18H22N2O3. The smallest absolute Gasteiger partial charge is 0.422 e. The molecule has 23 heavy (non-hydrogen) atoms. The number of hydrogen-bond donors (Lipinski definition) is 0. The van der Waals surface area contributed by atoms with E-state index in [0.29, 0.717) is 12.2 Å². The van der Waals surface area contributed by atoms with Gasteiger partial charge in [0.1, 0.15) is 0 Å². The first-order chi connectivity index (χ1) is 11.0. The standard InChI is InChI=1S/C18H22N2O3/c1-12(2)14-5-3-4-6-15(14)20-16(21)18(23-17(20)22)11-19-9-7-13(18)8-10-19/h3-6,12-13H,7-11H2,1-2H3. The number of ether oxygens (including phenoxy) is 1. The summed E-state index contributed by atoms with van der Waals surface area (Å²) in [5.41, 5.74) is 0.708. The molecule has 2 amide bonds. The second-order valence-electron chi connectivity index (χ2n) is 7.16. The van der Waals surface area contributed by atoms with Crippen LogP contribution in [0.5, 0.6) is 0 Å². The van der Waals surface area contributed by atoms with Crippen molar-refractivity contribution >= 4 is 17.7 Å². The van der Waals surface area contributed by atoms with Crippen LogP contribution in [-0.2, 0) is 9.53 Å². The highest BCUT2D eigenvalue weighted by atomic mass is 16.6. The number of nitrogens with zero attached hydrogens (tertiary/aromatic N) is 2. The molecule has 0 N–H and O–H groups in total. The SMILES string of the molecule is CC(C)c1ccccc1N1C(=O)OC2(CN3CCC2CC3)C1=O. The van der Waals surface area contributed by atoms with Crippen molar-refractivity contribution in [2.75, 3.05) is 24.5 Å². The average Bonchev–Trinajstić information content (AvgIpc) is 2.79. The molecule has 0 aliphatic carbocycles. The summed E-state index contributed by atoms with van der Waals surface area (Å²) in [7, 11) is 0. The van der Waals surface area contributed by atoms with Crippen LogP contribution in [0.4, 0.5) is 10.5 Å². The molecule has 5 nitrogen and oxygen atoms in total. The summed E-state index contributed by atoms with van der Waals surface area (Å²) in [4.78, 5) is 29.3. The van der Waals surface area contributed by atoms with E-state index in [2.05, 4.69) is 18.7 Å². The number of fused-ring (bicyclic) bond motifs is 2. The fourth-order valence-electron chi connectivity index (χ4n) is 4.28. The lowest BCUT2D eigenvalue weighted by atomic mass is 9.75. The lowest BCUT2D eigenvalue weighted by Gasteiger charge is -2.48. The minimum Gasteiger partial charge on any atom is -0.430 e. The first-order valence-electron chi connectivity index (χ1n) is 8.42. The van der Waals surface area contributed by atoms with Gasteiger partial charge in [-0.2, -0.15) is 0 Å². The Hall–Kier alpha value is -1.88. The molecule has 2 bridgehead atoms. The van der Waals surface area contributed by atoms with Crippen LogP contribution in [0.25, 0.3) is 0 Å². The second-order valence-corrected chi connectivity index (χ2v) is 7.16. The number of imide groups is 1. The van der Waals surface area contributed by atoms with Gasteiger partial charge in [-0.05, 0) is 43.5 Å². The van der Waals surface area contributed by atoms with Crippen molar-refractivity contribution in [3.63, 3.8) is 0 Å². The van der Waals surface area contributed by atoms with E-state index >= 15 is 0 Å². The number of piperidine rings is 3. The maximum atomic E-state index is 13.2. The van der Waals surface area contributed by atoms with Gasteiger partial charge >= 0.3 is 6.09 Å². The van der Waals surface area contributed by atoms with Gasteiger partial charge in [-0.25, -0.2) is 9.69 Å². The van der Waals surface area contributed by atoms with Gasteiger partial charge in [0.15, 0.2) is 0 Å². The Morgan fingerprint density at radius 1 is 1.17 bits per heavy atom.